The van der Waals surface area contributed by atoms with Gasteiger partial charge in [-0.25, -0.2) is 0 Å². The first-order valence-electron chi connectivity index (χ1n) is 5.36. The van der Waals surface area contributed by atoms with Crippen molar-refractivity contribution in [1.29, 1.82) is 0 Å². The number of non-ortho nitro benzene ring substituents is 1. The molecule has 0 aliphatic carbocycles. The highest BCUT2D eigenvalue weighted by Crippen LogP contribution is 2.26. The van der Waals surface area contributed by atoms with Crippen molar-refractivity contribution in [2.45, 2.75) is 19.9 Å². The van der Waals surface area contributed by atoms with E-state index >= 15 is 0 Å². The molecule has 0 saturated heterocycles. The van der Waals surface area contributed by atoms with Crippen molar-refractivity contribution >= 4 is 11.4 Å². The van der Waals surface area contributed by atoms with Crippen LogP contribution in [-0.2, 0) is 0 Å². The van der Waals surface area contributed by atoms with Gasteiger partial charge in [-0.3, -0.25) is 10.1 Å². The van der Waals surface area contributed by atoms with Gasteiger partial charge in [0.15, 0.2) is 0 Å². The van der Waals surface area contributed by atoms with Crippen LogP contribution in [0, 0.1) is 10.1 Å². The lowest BCUT2D eigenvalue weighted by Crippen LogP contribution is -2.19. The normalized spacial score (nSPS) is 11.9. The monoisotopic (exact) mass is 240 g/mol. The number of anilines is 1. The smallest absolute Gasteiger partial charge is 0.275 e. The van der Waals surface area contributed by atoms with Crippen molar-refractivity contribution in [3.63, 3.8) is 0 Å². The standard InChI is InChI=1S/C11H16N2O4/c1-3-17-11-5-9(12-8(2)7-14)4-10(6-11)13(15)16/h4-6,8,12,14H,3,7H2,1-2H3. The van der Waals surface area contributed by atoms with Crippen molar-refractivity contribution in [2.75, 3.05) is 18.5 Å². The largest absolute Gasteiger partial charge is 0.494 e. The number of nitro groups is 1. The third-order valence-corrected chi connectivity index (χ3v) is 2.10. The molecule has 0 aliphatic heterocycles. The van der Waals surface area contributed by atoms with E-state index in [-0.39, 0.29) is 18.3 Å². The number of ether oxygens (including phenoxy) is 1. The third-order valence-electron chi connectivity index (χ3n) is 2.10. The van der Waals surface area contributed by atoms with E-state index in [4.69, 9.17) is 9.84 Å². The third kappa shape index (κ3) is 3.92. The lowest BCUT2D eigenvalue weighted by molar-refractivity contribution is -0.384. The number of rotatable bonds is 6. The molecule has 1 aromatic rings. The summed E-state index contributed by atoms with van der Waals surface area (Å²) in [7, 11) is 0. The van der Waals surface area contributed by atoms with Gasteiger partial charge in [-0.05, 0) is 13.8 Å². The topological polar surface area (TPSA) is 84.6 Å². The molecule has 0 bridgehead atoms. The lowest BCUT2D eigenvalue weighted by Gasteiger charge is -2.13. The maximum absolute atomic E-state index is 10.7. The molecule has 0 fully saturated rings. The molecule has 0 spiro atoms. The molecule has 0 amide bonds. The molecule has 0 radical (unpaired) electrons. The van der Waals surface area contributed by atoms with Gasteiger partial charge in [0, 0.05) is 23.9 Å². The van der Waals surface area contributed by atoms with Gasteiger partial charge >= 0.3 is 0 Å². The van der Waals surface area contributed by atoms with Gasteiger partial charge in [0.25, 0.3) is 5.69 Å². The van der Waals surface area contributed by atoms with E-state index in [1.165, 1.54) is 12.1 Å². The number of benzene rings is 1. The SMILES string of the molecule is CCOc1cc(NC(C)CO)cc([N+](=O)[O-])c1. The molecule has 0 aliphatic rings. The van der Waals surface area contributed by atoms with Crippen LogP contribution in [0.3, 0.4) is 0 Å². The van der Waals surface area contributed by atoms with Crippen LogP contribution in [0.15, 0.2) is 18.2 Å². The highest BCUT2D eigenvalue weighted by Gasteiger charge is 2.11. The molecule has 0 saturated carbocycles. The van der Waals surface area contributed by atoms with Crippen LogP contribution in [0.25, 0.3) is 0 Å². The molecule has 94 valence electrons. The highest BCUT2D eigenvalue weighted by molar-refractivity contribution is 5.56. The van der Waals surface area contributed by atoms with Crippen LogP contribution in [0.2, 0.25) is 0 Å². The van der Waals surface area contributed by atoms with Crippen LogP contribution in [0.1, 0.15) is 13.8 Å². The van der Waals surface area contributed by atoms with Crippen LogP contribution in [0.4, 0.5) is 11.4 Å². The Morgan fingerprint density at radius 3 is 2.76 bits per heavy atom. The summed E-state index contributed by atoms with van der Waals surface area (Å²) in [6, 6.07) is 4.28. The summed E-state index contributed by atoms with van der Waals surface area (Å²) in [5, 5.41) is 22.6. The first kappa shape index (κ1) is 13.2. The van der Waals surface area contributed by atoms with Gasteiger partial charge < -0.3 is 15.2 Å². The average Bonchev–Trinajstić information content (AvgIpc) is 2.29. The second-order valence-corrected chi connectivity index (χ2v) is 3.63. The summed E-state index contributed by atoms with van der Waals surface area (Å²) < 4.78 is 5.25. The minimum Gasteiger partial charge on any atom is -0.494 e. The molecule has 1 unspecified atom stereocenters. The van der Waals surface area contributed by atoms with Crippen molar-refractivity contribution in [3.05, 3.63) is 28.3 Å². The van der Waals surface area contributed by atoms with E-state index in [1.807, 2.05) is 6.92 Å². The first-order valence-corrected chi connectivity index (χ1v) is 5.36. The van der Waals surface area contributed by atoms with Crippen molar-refractivity contribution in [1.82, 2.24) is 0 Å². The maximum atomic E-state index is 10.7. The number of aliphatic hydroxyl groups is 1. The van der Waals surface area contributed by atoms with E-state index < -0.39 is 4.92 Å². The summed E-state index contributed by atoms with van der Waals surface area (Å²) in [4.78, 5) is 10.3. The molecule has 1 atom stereocenters. The molecule has 6 heteroatoms. The van der Waals surface area contributed by atoms with Crippen LogP contribution < -0.4 is 10.1 Å². The van der Waals surface area contributed by atoms with E-state index in [0.29, 0.717) is 18.0 Å². The number of nitro benzene ring substituents is 1. The first-order chi connectivity index (χ1) is 8.06. The number of nitrogens with one attached hydrogen (secondary N) is 1. The predicted octanol–water partition coefficient (Wildman–Crippen LogP) is 1.79. The molecular formula is C11H16N2O4. The lowest BCUT2D eigenvalue weighted by atomic mass is 10.2. The van der Waals surface area contributed by atoms with Crippen LogP contribution >= 0.6 is 0 Å². The fraction of sp³-hybridized carbons (Fsp3) is 0.455. The molecular weight excluding hydrogens is 224 g/mol. The molecule has 6 nitrogen and oxygen atoms in total. The maximum Gasteiger partial charge on any atom is 0.275 e. The zero-order valence-electron chi connectivity index (χ0n) is 9.84. The van der Waals surface area contributed by atoms with Crippen LogP contribution in [-0.4, -0.2) is 29.3 Å². The fourth-order valence-corrected chi connectivity index (χ4v) is 1.35. The number of aliphatic hydroxyl groups excluding tert-OH is 1. The predicted molar refractivity (Wildman–Crippen MR) is 64.4 cm³/mol. The van der Waals surface area contributed by atoms with Crippen LogP contribution in [0.5, 0.6) is 5.75 Å². The Morgan fingerprint density at radius 2 is 2.24 bits per heavy atom. The Hall–Kier alpha value is -1.82. The Balaban J connectivity index is 2.99. The van der Waals surface area contributed by atoms with Gasteiger partial charge in [-0.15, -0.1) is 0 Å². The Kier molecular flexibility index (Phi) is 4.71. The summed E-state index contributed by atoms with van der Waals surface area (Å²) in [6.45, 7) is 3.98. The van der Waals surface area contributed by atoms with Gasteiger partial charge in [0.1, 0.15) is 5.75 Å². The second-order valence-electron chi connectivity index (χ2n) is 3.63. The van der Waals surface area contributed by atoms with Crippen molar-refractivity contribution in [3.8, 4) is 5.75 Å². The summed E-state index contributed by atoms with van der Waals surface area (Å²) in [5.74, 6) is 0.439. The molecule has 1 rings (SSSR count). The van der Waals surface area contributed by atoms with E-state index in [2.05, 4.69) is 5.32 Å². The zero-order chi connectivity index (χ0) is 12.8. The molecule has 1 aromatic carbocycles. The minimum absolute atomic E-state index is 0.0383. The number of nitrogens with zero attached hydrogens (tertiary/aromatic N) is 1. The van der Waals surface area contributed by atoms with Gasteiger partial charge in [-0.2, -0.15) is 0 Å². The Bertz CT molecular complexity index is 395. The van der Waals surface area contributed by atoms with Gasteiger partial charge in [0.2, 0.25) is 0 Å². The average molecular weight is 240 g/mol. The highest BCUT2D eigenvalue weighted by atomic mass is 16.6. The van der Waals surface area contributed by atoms with Gasteiger partial charge in [-0.1, -0.05) is 0 Å². The number of hydrogen-bond donors (Lipinski definition) is 2. The molecule has 0 aromatic heterocycles. The summed E-state index contributed by atoms with van der Waals surface area (Å²) >= 11 is 0. The van der Waals surface area contributed by atoms with Crippen molar-refractivity contribution < 1.29 is 14.8 Å². The van der Waals surface area contributed by atoms with Gasteiger partial charge in [0.05, 0.1) is 24.2 Å². The van der Waals surface area contributed by atoms with E-state index in [1.54, 1.807) is 13.0 Å². The zero-order valence-corrected chi connectivity index (χ0v) is 9.84. The second kappa shape index (κ2) is 6.05. The summed E-state index contributed by atoms with van der Waals surface area (Å²) in [6.07, 6.45) is 0. The van der Waals surface area contributed by atoms with E-state index in [0.717, 1.165) is 0 Å². The Morgan fingerprint density at radius 1 is 1.53 bits per heavy atom. The molecule has 2 N–H and O–H groups in total. The quantitative estimate of drug-likeness (QED) is 0.585. The minimum atomic E-state index is -0.475. The van der Waals surface area contributed by atoms with E-state index in [9.17, 15) is 10.1 Å². The molecule has 17 heavy (non-hydrogen) atoms. The molecule has 0 heterocycles. The fourth-order valence-electron chi connectivity index (χ4n) is 1.35. The van der Waals surface area contributed by atoms with Crippen molar-refractivity contribution in [2.24, 2.45) is 0 Å². The number of hydrogen-bond acceptors (Lipinski definition) is 5. The Labute approximate surface area is 99.4 Å². The summed E-state index contributed by atoms with van der Waals surface area (Å²) in [5.41, 5.74) is 0.521.